The topological polar surface area (TPSA) is 132 Å². The lowest BCUT2D eigenvalue weighted by atomic mass is 9.81. The Kier molecular flexibility index (Phi) is 9.71. The maximum Gasteiger partial charge on any atom is 0.266 e. The van der Waals surface area contributed by atoms with Crippen LogP contribution in [0.4, 0.5) is 0 Å². The summed E-state index contributed by atoms with van der Waals surface area (Å²) in [7, 11) is 0. The van der Waals surface area contributed by atoms with Crippen LogP contribution in [0.25, 0.3) is 10.4 Å². The van der Waals surface area contributed by atoms with Crippen LogP contribution in [0.2, 0.25) is 0 Å². The first kappa shape index (κ1) is 29.1. The van der Waals surface area contributed by atoms with E-state index in [0.717, 1.165) is 54.6 Å². The highest BCUT2D eigenvalue weighted by atomic mass is 16.5. The van der Waals surface area contributed by atoms with E-state index in [0.29, 0.717) is 24.7 Å². The van der Waals surface area contributed by atoms with Crippen molar-refractivity contribution >= 4 is 11.8 Å². The zero-order chi connectivity index (χ0) is 29.2. The molecule has 1 amide bonds. The Morgan fingerprint density at radius 3 is 2.48 bits per heavy atom. The van der Waals surface area contributed by atoms with Gasteiger partial charge in [-0.2, -0.15) is 0 Å². The largest absolute Gasteiger partial charge is 0.494 e. The number of piperidine rings is 1. The summed E-state index contributed by atoms with van der Waals surface area (Å²) in [4.78, 5) is 22.5. The molecule has 0 unspecified atom stereocenters. The molecule has 0 bridgehead atoms. The number of azide groups is 1. The Hall–Kier alpha value is -4.37. The van der Waals surface area contributed by atoms with Gasteiger partial charge in [0.15, 0.2) is 11.6 Å². The zero-order valence-electron chi connectivity index (χ0n) is 23.6. The zero-order valence-corrected chi connectivity index (χ0v) is 23.6. The molecule has 0 spiro atoms. The summed E-state index contributed by atoms with van der Waals surface area (Å²) in [6.07, 6.45) is 3.26. The molecule has 0 aliphatic carbocycles. The number of carbonyl (C=O) groups is 1. The molecule has 3 aromatic carbocycles. The third kappa shape index (κ3) is 6.74. The number of hydrogen-bond donors (Lipinski definition) is 2. The average molecular weight is 569 g/mol. The summed E-state index contributed by atoms with van der Waals surface area (Å²) < 4.78 is 12.3. The standard InChI is InChI=1S/C32H36N6O4/c33-37-34-23-27-13-6-5-12-26(27)22-32(31(40)36-38-18-7-2-8-19-38)29(24-10-3-1-4-11-24)42-30(35-32)25-14-16-28(17-15-25)41-21-9-20-39/h1,3-6,10-17,29,39H,2,7-9,18-23H2,(H,36,40)/t29-,32-/m0/s1. The van der Waals surface area contributed by atoms with Gasteiger partial charge < -0.3 is 14.6 Å². The van der Waals surface area contributed by atoms with Gasteiger partial charge in [0.2, 0.25) is 5.90 Å². The minimum atomic E-state index is -1.34. The van der Waals surface area contributed by atoms with Crippen LogP contribution >= 0.6 is 0 Å². The van der Waals surface area contributed by atoms with Crippen molar-refractivity contribution in [2.45, 2.75) is 50.3 Å². The maximum atomic E-state index is 14.5. The molecule has 0 radical (unpaired) electrons. The summed E-state index contributed by atoms with van der Waals surface area (Å²) in [5.74, 6) is 0.800. The van der Waals surface area contributed by atoms with Crippen LogP contribution in [0.5, 0.6) is 5.75 Å². The molecule has 3 aromatic rings. The summed E-state index contributed by atoms with van der Waals surface area (Å²) in [5, 5.41) is 14.8. The SMILES string of the molecule is [N-]=[N+]=NCc1ccccc1C[C@]1(C(=O)NN2CCCCC2)N=C(c2ccc(OCCCO)cc2)O[C@H]1c1ccccc1. The molecule has 0 saturated carbocycles. The highest BCUT2D eigenvalue weighted by Gasteiger charge is 2.54. The van der Waals surface area contributed by atoms with E-state index in [-0.39, 0.29) is 25.5 Å². The van der Waals surface area contributed by atoms with Crippen molar-refractivity contribution in [2.75, 3.05) is 26.3 Å². The van der Waals surface area contributed by atoms with Gasteiger partial charge in [-0.25, -0.2) is 10.0 Å². The van der Waals surface area contributed by atoms with Crippen LogP contribution in [0.15, 0.2) is 89.0 Å². The third-order valence-electron chi connectivity index (χ3n) is 7.63. The van der Waals surface area contributed by atoms with Crippen molar-refractivity contribution in [3.8, 4) is 5.75 Å². The van der Waals surface area contributed by atoms with E-state index in [1.165, 1.54) is 0 Å². The molecule has 42 heavy (non-hydrogen) atoms. The predicted molar refractivity (Wildman–Crippen MR) is 160 cm³/mol. The van der Waals surface area contributed by atoms with E-state index in [2.05, 4.69) is 15.5 Å². The molecule has 2 aliphatic rings. The van der Waals surface area contributed by atoms with Gasteiger partial charge in [-0.1, -0.05) is 66.1 Å². The molecule has 2 aliphatic heterocycles. The Labute approximate surface area is 245 Å². The van der Waals surface area contributed by atoms with Crippen molar-refractivity contribution < 1.29 is 19.4 Å². The van der Waals surface area contributed by atoms with E-state index >= 15 is 0 Å². The fourth-order valence-corrected chi connectivity index (χ4v) is 5.44. The molecule has 218 valence electrons. The van der Waals surface area contributed by atoms with Crippen LogP contribution in [-0.4, -0.2) is 53.8 Å². The van der Waals surface area contributed by atoms with Crippen LogP contribution in [0.3, 0.4) is 0 Å². The fraction of sp³-hybridized carbons (Fsp3) is 0.375. The Morgan fingerprint density at radius 2 is 1.76 bits per heavy atom. The summed E-state index contributed by atoms with van der Waals surface area (Å²) >= 11 is 0. The van der Waals surface area contributed by atoms with Crippen LogP contribution in [-0.2, 0) is 22.5 Å². The number of benzene rings is 3. The quantitative estimate of drug-likeness (QED) is 0.133. The number of amides is 1. The van der Waals surface area contributed by atoms with Crippen molar-refractivity contribution in [2.24, 2.45) is 10.1 Å². The van der Waals surface area contributed by atoms with E-state index < -0.39 is 11.6 Å². The summed E-state index contributed by atoms with van der Waals surface area (Å²) in [5.41, 5.74) is 14.1. The number of nitrogens with one attached hydrogen (secondary N) is 1. The molecule has 2 atom stereocenters. The second-order valence-corrected chi connectivity index (χ2v) is 10.5. The molecule has 1 saturated heterocycles. The number of aliphatic imine (C=N–C) groups is 1. The van der Waals surface area contributed by atoms with Crippen molar-refractivity contribution in [1.82, 2.24) is 10.4 Å². The maximum absolute atomic E-state index is 14.5. The lowest BCUT2D eigenvalue weighted by Gasteiger charge is -2.35. The minimum Gasteiger partial charge on any atom is -0.494 e. The molecule has 2 N–H and O–H groups in total. The van der Waals surface area contributed by atoms with Gasteiger partial charge in [-0.15, -0.1) is 0 Å². The number of rotatable bonds is 12. The second-order valence-electron chi connectivity index (χ2n) is 10.5. The number of carbonyl (C=O) groups excluding carboxylic acids is 1. The van der Waals surface area contributed by atoms with Gasteiger partial charge in [0, 0.05) is 43.0 Å². The average Bonchev–Trinajstić information content (AvgIpc) is 3.42. The summed E-state index contributed by atoms with van der Waals surface area (Å²) in [6.45, 7) is 2.21. The molecule has 10 nitrogen and oxygen atoms in total. The normalized spacial score (nSPS) is 20.2. The van der Waals surface area contributed by atoms with E-state index in [4.69, 9.17) is 25.1 Å². The molecule has 10 heteroatoms. The van der Waals surface area contributed by atoms with Gasteiger partial charge in [0.25, 0.3) is 5.91 Å². The van der Waals surface area contributed by atoms with Gasteiger partial charge in [-0.05, 0) is 59.3 Å². The number of nitrogens with zero attached hydrogens (tertiary/aromatic N) is 5. The molecule has 1 fully saturated rings. The van der Waals surface area contributed by atoms with Crippen LogP contribution < -0.4 is 10.2 Å². The first-order valence-corrected chi connectivity index (χ1v) is 14.4. The van der Waals surface area contributed by atoms with Crippen LogP contribution in [0.1, 0.15) is 54.0 Å². The Morgan fingerprint density at radius 1 is 1.05 bits per heavy atom. The van der Waals surface area contributed by atoms with Crippen molar-refractivity contribution in [1.29, 1.82) is 0 Å². The van der Waals surface area contributed by atoms with Crippen LogP contribution in [0, 0.1) is 0 Å². The van der Waals surface area contributed by atoms with Gasteiger partial charge >= 0.3 is 0 Å². The third-order valence-corrected chi connectivity index (χ3v) is 7.63. The highest BCUT2D eigenvalue weighted by molar-refractivity contribution is 6.01. The number of ether oxygens (including phenoxy) is 2. The number of hydrazine groups is 1. The van der Waals surface area contributed by atoms with Crippen molar-refractivity contribution in [3.63, 3.8) is 0 Å². The van der Waals surface area contributed by atoms with E-state index in [9.17, 15) is 4.79 Å². The minimum absolute atomic E-state index is 0.0666. The predicted octanol–water partition coefficient (Wildman–Crippen LogP) is 5.27. The molecule has 2 heterocycles. The van der Waals surface area contributed by atoms with E-state index in [1.807, 2.05) is 83.9 Å². The first-order chi connectivity index (χ1) is 20.6. The Balaban J connectivity index is 1.57. The molecule has 0 aromatic heterocycles. The Bertz CT molecular complexity index is 1420. The molecular weight excluding hydrogens is 532 g/mol. The van der Waals surface area contributed by atoms with E-state index in [1.54, 1.807) is 0 Å². The molecular formula is C32H36N6O4. The number of aliphatic hydroxyl groups is 1. The first-order valence-electron chi connectivity index (χ1n) is 14.4. The highest BCUT2D eigenvalue weighted by Crippen LogP contribution is 2.43. The fourth-order valence-electron chi connectivity index (χ4n) is 5.44. The lowest BCUT2D eigenvalue weighted by molar-refractivity contribution is -0.134. The van der Waals surface area contributed by atoms with Gasteiger partial charge in [0.05, 0.1) is 13.2 Å². The van der Waals surface area contributed by atoms with Gasteiger partial charge in [-0.3, -0.25) is 10.2 Å². The molecule has 5 rings (SSSR count). The lowest BCUT2D eigenvalue weighted by Crippen LogP contribution is -2.56. The number of hydrogen-bond acceptors (Lipinski definition) is 7. The second kappa shape index (κ2) is 14.0. The van der Waals surface area contributed by atoms with Gasteiger partial charge in [0.1, 0.15) is 5.75 Å². The smallest absolute Gasteiger partial charge is 0.266 e. The van der Waals surface area contributed by atoms with Crippen molar-refractivity contribution in [3.05, 3.63) is 112 Å². The number of aliphatic hydroxyl groups excluding tert-OH is 1. The summed E-state index contributed by atoms with van der Waals surface area (Å²) in [6, 6.07) is 24.8. The monoisotopic (exact) mass is 568 g/mol.